The molecule has 1 aliphatic carbocycles. The van der Waals surface area contributed by atoms with Crippen molar-refractivity contribution < 1.29 is 0 Å². The number of hydrogen-bond acceptors (Lipinski definition) is 3. The number of aliphatic imine (C=N–C) groups is 1. The minimum atomic E-state index is 0.537. The largest absolute Gasteiger partial charge is 0.355 e. The summed E-state index contributed by atoms with van der Waals surface area (Å²) in [7, 11) is 1.94. The van der Waals surface area contributed by atoms with Gasteiger partial charge in [-0.3, -0.25) is 9.89 Å². The SMILES string of the molecule is CN=C(NCC(C)N1CCc2sccc2C1)N1CC2CCCCC2C1. The zero-order chi connectivity index (χ0) is 17.2. The molecule has 0 aromatic carbocycles. The van der Waals surface area contributed by atoms with Crippen molar-refractivity contribution in [3.8, 4) is 0 Å². The first-order valence-electron chi connectivity index (χ1n) is 9.99. The third-order valence-corrected chi connectivity index (χ3v) is 7.53. The Morgan fingerprint density at radius 1 is 1.32 bits per heavy atom. The van der Waals surface area contributed by atoms with E-state index in [9.17, 15) is 0 Å². The third-order valence-electron chi connectivity index (χ3n) is 6.50. The van der Waals surface area contributed by atoms with Crippen molar-refractivity contribution in [1.82, 2.24) is 15.1 Å². The van der Waals surface area contributed by atoms with Crippen LogP contribution >= 0.6 is 11.3 Å². The third kappa shape index (κ3) is 3.72. The number of guanidine groups is 1. The van der Waals surface area contributed by atoms with Crippen molar-refractivity contribution in [2.75, 3.05) is 33.2 Å². The summed E-state index contributed by atoms with van der Waals surface area (Å²) in [6.45, 7) is 8.04. The molecule has 4 nitrogen and oxygen atoms in total. The molecule has 0 amide bonds. The number of fused-ring (bicyclic) bond motifs is 2. The van der Waals surface area contributed by atoms with Crippen LogP contribution in [0.15, 0.2) is 16.4 Å². The van der Waals surface area contributed by atoms with E-state index in [1.807, 2.05) is 18.4 Å². The van der Waals surface area contributed by atoms with E-state index in [0.29, 0.717) is 6.04 Å². The molecule has 0 bridgehead atoms. The van der Waals surface area contributed by atoms with Crippen molar-refractivity contribution in [2.24, 2.45) is 16.8 Å². The molecule has 3 aliphatic rings. The van der Waals surface area contributed by atoms with Crippen molar-refractivity contribution in [3.63, 3.8) is 0 Å². The number of nitrogens with zero attached hydrogens (tertiary/aromatic N) is 3. The number of rotatable bonds is 3. The lowest BCUT2D eigenvalue weighted by Crippen LogP contribution is -2.48. The molecule has 1 saturated carbocycles. The van der Waals surface area contributed by atoms with E-state index in [0.717, 1.165) is 30.9 Å². The fraction of sp³-hybridized carbons (Fsp3) is 0.750. The Hall–Kier alpha value is -1.07. The molecule has 2 aliphatic heterocycles. The van der Waals surface area contributed by atoms with Gasteiger partial charge in [0.05, 0.1) is 0 Å². The van der Waals surface area contributed by atoms with Gasteiger partial charge in [-0.05, 0) is 55.0 Å². The summed E-state index contributed by atoms with van der Waals surface area (Å²) in [6.07, 6.45) is 6.91. The molecule has 1 aromatic rings. The minimum absolute atomic E-state index is 0.537. The standard InChI is InChI=1S/C20H32N4S/c1-15(23-9-7-19-18(14-23)8-10-25-19)11-22-20(21-2)24-12-16-5-3-4-6-17(16)13-24/h8,10,15-17H,3-7,9,11-14H2,1-2H3,(H,21,22). The van der Waals surface area contributed by atoms with Gasteiger partial charge >= 0.3 is 0 Å². The second-order valence-corrected chi connectivity index (χ2v) is 9.08. The summed E-state index contributed by atoms with van der Waals surface area (Å²) in [6, 6.07) is 2.84. The number of thiophene rings is 1. The first kappa shape index (κ1) is 17.3. The van der Waals surface area contributed by atoms with E-state index in [4.69, 9.17) is 0 Å². The molecule has 0 radical (unpaired) electrons. The monoisotopic (exact) mass is 360 g/mol. The summed E-state index contributed by atoms with van der Waals surface area (Å²) >= 11 is 1.92. The molecule has 0 spiro atoms. The molecule has 1 aromatic heterocycles. The van der Waals surface area contributed by atoms with E-state index in [2.05, 4.69) is 38.5 Å². The van der Waals surface area contributed by atoms with Crippen LogP contribution in [0.5, 0.6) is 0 Å². The second kappa shape index (κ2) is 7.67. The Morgan fingerprint density at radius 2 is 2.08 bits per heavy atom. The molecular formula is C20H32N4S. The Kier molecular flexibility index (Phi) is 5.32. The van der Waals surface area contributed by atoms with Crippen LogP contribution in [0.2, 0.25) is 0 Å². The van der Waals surface area contributed by atoms with E-state index in [1.165, 1.54) is 57.3 Å². The molecule has 2 fully saturated rings. The Balaban J connectivity index is 1.29. The predicted octanol–water partition coefficient (Wildman–Crippen LogP) is 3.19. The van der Waals surface area contributed by atoms with Gasteiger partial charge in [-0.25, -0.2) is 0 Å². The summed E-state index contributed by atoms with van der Waals surface area (Å²) in [5.41, 5.74) is 1.54. The number of nitrogens with one attached hydrogen (secondary N) is 1. The summed E-state index contributed by atoms with van der Waals surface area (Å²) in [5, 5.41) is 5.91. The van der Waals surface area contributed by atoms with Gasteiger partial charge in [0, 0.05) is 50.7 Å². The van der Waals surface area contributed by atoms with Gasteiger partial charge in [-0.15, -0.1) is 11.3 Å². The molecule has 138 valence electrons. The maximum atomic E-state index is 4.59. The predicted molar refractivity (Wildman–Crippen MR) is 106 cm³/mol. The first-order chi connectivity index (χ1) is 12.2. The molecule has 1 saturated heterocycles. The van der Waals surface area contributed by atoms with Crippen LogP contribution in [0.4, 0.5) is 0 Å². The Labute approximate surface area is 156 Å². The van der Waals surface area contributed by atoms with E-state index < -0.39 is 0 Å². The molecule has 3 unspecified atom stereocenters. The van der Waals surface area contributed by atoms with Gasteiger partial charge in [0.1, 0.15) is 0 Å². The van der Waals surface area contributed by atoms with Gasteiger partial charge < -0.3 is 10.2 Å². The van der Waals surface area contributed by atoms with E-state index in [1.54, 1.807) is 4.88 Å². The fourth-order valence-electron chi connectivity index (χ4n) is 4.93. The molecule has 3 atom stereocenters. The lowest BCUT2D eigenvalue weighted by atomic mass is 9.82. The molecule has 25 heavy (non-hydrogen) atoms. The smallest absolute Gasteiger partial charge is 0.193 e. The minimum Gasteiger partial charge on any atom is -0.355 e. The summed E-state index contributed by atoms with van der Waals surface area (Å²) in [4.78, 5) is 11.3. The van der Waals surface area contributed by atoms with Crippen LogP contribution in [0.1, 0.15) is 43.0 Å². The second-order valence-electron chi connectivity index (χ2n) is 8.08. The highest BCUT2D eigenvalue weighted by molar-refractivity contribution is 7.10. The molecule has 3 heterocycles. The van der Waals surface area contributed by atoms with Gasteiger partial charge in [-0.2, -0.15) is 0 Å². The molecular weight excluding hydrogens is 328 g/mol. The molecule has 1 N–H and O–H groups in total. The van der Waals surface area contributed by atoms with Crippen LogP contribution in [0.25, 0.3) is 0 Å². The van der Waals surface area contributed by atoms with E-state index in [-0.39, 0.29) is 0 Å². The van der Waals surface area contributed by atoms with Crippen molar-refractivity contribution >= 4 is 17.3 Å². The fourth-order valence-corrected chi connectivity index (χ4v) is 5.82. The first-order valence-corrected chi connectivity index (χ1v) is 10.9. The maximum absolute atomic E-state index is 4.59. The number of likely N-dealkylation sites (tertiary alicyclic amines) is 1. The van der Waals surface area contributed by atoms with Crippen molar-refractivity contribution in [1.29, 1.82) is 0 Å². The lowest BCUT2D eigenvalue weighted by Gasteiger charge is -2.33. The van der Waals surface area contributed by atoms with Gasteiger partial charge in [0.25, 0.3) is 0 Å². The maximum Gasteiger partial charge on any atom is 0.193 e. The van der Waals surface area contributed by atoms with Crippen LogP contribution < -0.4 is 5.32 Å². The Bertz CT molecular complexity index is 597. The van der Waals surface area contributed by atoms with Crippen molar-refractivity contribution in [3.05, 3.63) is 21.9 Å². The van der Waals surface area contributed by atoms with Gasteiger partial charge in [0.15, 0.2) is 5.96 Å². The normalized spacial score (nSPS) is 28.6. The van der Waals surface area contributed by atoms with Crippen LogP contribution in [0, 0.1) is 11.8 Å². The van der Waals surface area contributed by atoms with Crippen LogP contribution in [-0.4, -0.2) is 55.0 Å². The molecule has 5 heteroatoms. The number of hydrogen-bond donors (Lipinski definition) is 1. The average Bonchev–Trinajstić information content (AvgIpc) is 3.27. The quantitative estimate of drug-likeness (QED) is 0.663. The summed E-state index contributed by atoms with van der Waals surface area (Å²) < 4.78 is 0. The highest BCUT2D eigenvalue weighted by atomic mass is 32.1. The van der Waals surface area contributed by atoms with Gasteiger partial charge in [-0.1, -0.05) is 12.8 Å². The summed E-state index contributed by atoms with van der Waals surface area (Å²) in [5.74, 6) is 2.93. The van der Waals surface area contributed by atoms with Crippen LogP contribution in [-0.2, 0) is 13.0 Å². The van der Waals surface area contributed by atoms with Gasteiger partial charge in [0.2, 0.25) is 0 Å². The zero-order valence-corrected chi connectivity index (χ0v) is 16.5. The topological polar surface area (TPSA) is 30.9 Å². The Morgan fingerprint density at radius 3 is 2.80 bits per heavy atom. The highest BCUT2D eigenvalue weighted by Crippen LogP contribution is 2.36. The molecule has 4 rings (SSSR count). The lowest BCUT2D eigenvalue weighted by molar-refractivity contribution is 0.192. The average molecular weight is 361 g/mol. The van der Waals surface area contributed by atoms with Crippen LogP contribution in [0.3, 0.4) is 0 Å². The van der Waals surface area contributed by atoms with E-state index >= 15 is 0 Å². The van der Waals surface area contributed by atoms with Crippen molar-refractivity contribution in [2.45, 2.75) is 51.6 Å². The highest BCUT2D eigenvalue weighted by Gasteiger charge is 2.35. The zero-order valence-electron chi connectivity index (χ0n) is 15.7.